The third kappa shape index (κ3) is 3.21. The van der Waals surface area contributed by atoms with Gasteiger partial charge >= 0.3 is 0 Å². The van der Waals surface area contributed by atoms with Crippen LogP contribution in [0.1, 0.15) is 30.6 Å². The number of carbonyl (C=O) groups is 1. The van der Waals surface area contributed by atoms with Crippen molar-refractivity contribution in [1.29, 1.82) is 0 Å². The molecule has 5 heteroatoms. The Morgan fingerprint density at radius 3 is 3.05 bits per heavy atom. The van der Waals surface area contributed by atoms with Crippen molar-refractivity contribution in [3.8, 4) is 0 Å². The number of fused-ring (bicyclic) bond motifs is 1. The van der Waals surface area contributed by atoms with Gasteiger partial charge in [-0.2, -0.15) is 0 Å². The lowest BCUT2D eigenvalue weighted by Gasteiger charge is -2.44. The maximum atomic E-state index is 12.5. The fraction of sp³-hybridized carbons (Fsp3) is 0.706. The summed E-state index contributed by atoms with van der Waals surface area (Å²) in [7, 11) is 0. The van der Waals surface area contributed by atoms with Crippen molar-refractivity contribution in [2.24, 2.45) is 11.8 Å². The molecule has 0 bridgehead atoms. The first-order valence-corrected chi connectivity index (χ1v) is 9.34. The van der Waals surface area contributed by atoms with E-state index in [1.165, 1.54) is 4.88 Å². The van der Waals surface area contributed by atoms with Gasteiger partial charge in [0.25, 0.3) is 0 Å². The van der Waals surface area contributed by atoms with Crippen LogP contribution >= 0.6 is 11.3 Å². The van der Waals surface area contributed by atoms with E-state index in [0.29, 0.717) is 12.0 Å². The molecule has 1 aromatic rings. The molecule has 2 saturated heterocycles. The van der Waals surface area contributed by atoms with Crippen LogP contribution in [0.2, 0.25) is 0 Å². The summed E-state index contributed by atoms with van der Waals surface area (Å²) in [5, 5.41) is 5.34. The van der Waals surface area contributed by atoms with Crippen LogP contribution in [-0.4, -0.2) is 42.6 Å². The summed E-state index contributed by atoms with van der Waals surface area (Å²) in [6.45, 7) is 3.83. The van der Waals surface area contributed by atoms with Crippen LogP contribution in [0.4, 0.5) is 0 Å². The zero-order valence-corrected chi connectivity index (χ0v) is 13.7. The minimum absolute atomic E-state index is 0.144. The number of piperidine rings is 1. The first kappa shape index (κ1) is 14.7. The highest BCUT2D eigenvalue weighted by Crippen LogP contribution is 2.34. The molecule has 0 unspecified atom stereocenters. The molecular formula is C17H24N2O2S. The molecule has 1 aliphatic carbocycles. The molecule has 0 spiro atoms. The number of nitrogens with one attached hydrogen (secondary N) is 1. The monoisotopic (exact) mass is 320 g/mol. The van der Waals surface area contributed by atoms with E-state index < -0.39 is 0 Å². The normalized spacial score (nSPS) is 32.5. The number of nitrogens with zero attached hydrogens (tertiary/aromatic N) is 1. The summed E-state index contributed by atoms with van der Waals surface area (Å²) in [4.78, 5) is 16.5. The molecule has 22 heavy (non-hydrogen) atoms. The number of thiophene rings is 1. The van der Waals surface area contributed by atoms with Crippen molar-refractivity contribution in [2.45, 2.75) is 44.4 Å². The largest absolute Gasteiger partial charge is 0.378 e. The fourth-order valence-electron chi connectivity index (χ4n) is 3.81. The number of rotatable bonds is 4. The van der Waals surface area contributed by atoms with Gasteiger partial charge in [0.15, 0.2) is 0 Å². The molecule has 3 heterocycles. The van der Waals surface area contributed by atoms with E-state index in [9.17, 15) is 4.79 Å². The molecule has 3 aliphatic rings. The number of ether oxygens (including phenoxy) is 1. The average molecular weight is 320 g/mol. The predicted molar refractivity (Wildman–Crippen MR) is 86.7 cm³/mol. The summed E-state index contributed by atoms with van der Waals surface area (Å²) in [5.41, 5.74) is 0. The fourth-order valence-corrected chi connectivity index (χ4v) is 4.56. The third-order valence-electron chi connectivity index (χ3n) is 5.17. The summed E-state index contributed by atoms with van der Waals surface area (Å²) in [5.74, 6) is 0.783. The van der Waals surface area contributed by atoms with Gasteiger partial charge in [0.05, 0.1) is 6.10 Å². The van der Waals surface area contributed by atoms with Crippen LogP contribution < -0.4 is 5.32 Å². The minimum Gasteiger partial charge on any atom is -0.378 e. The average Bonchev–Trinajstić information content (AvgIpc) is 3.20. The first-order valence-electron chi connectivity index (χ1n) is 8.46. The molecule has 1 aromatic heterocycles. The number of carbonyl (C=O) groups excluding carboxylic acids is 1. The molecule has 0 radical (unpaired) electrons. The first-order chi connectivity index (χ1) is 10.8. The van der Waals surface area contributed by atoms with Gasteiger partial charge in [-0.15, -0.1) is 11.3 Å². The topological polar surface area (TPSA) is 41.6 Å². The van der Waals surface area contributed by atoms with E-state index in [2.05, 4.69) is 27.7 Å². The van der Waals surface area contributed by atoms with Crippen molar-refractivity contribution in [3.05, 3.63) is 22.4 Å². The van der Waals surface area contributed by atoms with Crippen LogP contribution in [0.15, 0.2) is 17.5 Å². The lowest BCUT2D eigenvalue weighted by Crippen LogP contribution is -2.53. The zero-order chi connectivity index (χ0) is 14.9. The molecular weight excluding hydrogens is 296 g/mol. The summed E-state index contributed by atoms with van der Waals surface area (Å²) >= 11 is 1.82. The summed E-state index contributed by atoms with van der Waals surface area (Å²) < 4.78 is 5.96. The number of hydrogen-bond donors (Lipinski definition) is 1. The van der Waals surface area contributed by atoms with Crippen molar-refractivity contribution in [2.75, 3.05) is 19.7 Å². The third-order valence-corrected chi connectivity index (χ3v) is 6.04. The molecule has 2 aliphatic heterocycles. The Labute approximate surface area is 135 Å². The van der Waals surface area contributed by atoms with Crippen LogP contribution in [0.25, 0.3) is 0 Å². The van der Waals surface area contributed by atoms with E-state index >= 15 is 0 Å². The van der Waals surface area contributed by atoms with E-state index in [1.807, 2.05) is 11.3 Å². The van der Waals surface area contributed by atoms with Crippen LogP contribution in [0.3, 0.4) is 0 Å². The number of likely N-dealkylation sites (tertiary alicyclic amines) is 1. The maximum absolute atomic E-state index is 12.5. The van der Waals surface area contributed by atoms with E-state index in [1.54, 1.807) is 0 Å². The minimum atomic E-state index is 0.144. The highest BCUT2D eigenvalue weighted by atomic mass is 32.1. The lowest BCUT2D eigenvalue weighted by atomic mass is 9.79. The number of hydrogen-bond acceptors (Lipinski definition) is 4. The highest BCUT2D eigenvalue weighted by Gasteiger charge is 2.42. The molecule has 4 nitrogen and oxygen atoms in total. The zero-order valence-electron chi connectivity index (χ0n) is 12.9. The van der Waals surface area contributed by atoms with Gasteiger partial charge in [-0.25, -0.2) is 0 Å². The summed E-state index contributed by atoms with van der Waals surface area (Å²) in [6, 6.07) is 4.77. The van der Waals surface area contributed by atoms with Crippen molar-refractivity contribution >= 4 is 17.2 Å². The van der Waals surface area contributed by atoms with Gasteiger partial charge < -0.3 is 10.1 Å². The van der Waals surface area contributed by atoms with Crippen LogP contribution in [-0.2, 0) is 16.1 Å². The highest BCUT2D eigenvalue weighted by molar-refractivity contribution is 7.09. The second-order valence-corrected chi connectivity index (χ2v) is 7.89. The Hall–Kier alpha value is -0.910. The molecule has 4 rings (SSSR count). The second kappa shape index (κ2) is 6.30. The van der Waals surface area contributed by atoms with Gasteiger partial charge in [-0.1, -0.05) is 6.07 Å². The van der Waals surface area contributed by atoms with Crippen LogP contribution in [0, 0.1) is 11.8 Å². The maximum Gasteiger partial charge on any atom is 0.223 e. The number of amides is 1. The van der Waals surface area contributed by atoms with E-state index in [0.717, 1.165) is 51.9 Å². The van der Waals surface area contributed by atoms with Gasteiger partial charge in [0.2, 0.25) is 5.91 Å². The standard InChI is InChI=1S/C17H24N2O2S/c20-17(18-12-3-4-12)14-6-8-21-16-5-7-19(11-15(14)16)10-13-2-1-9-22-13/h1-2,9,12,14-16H,3-8,10-11H2,(H,18,20)/t14-,15+,16-/m1/s1. The second-order valence-electron chi connectivity index (χ2n) is 6.85. The van der Waals surface area contributed by atoms with E-state index in [4.69, 9.17) is 4.74 Å². The van der Waals surface area contributed by atoms with Crippen LogP contribution in [0.5, 0.6) is 0 Å². The van der Waals surface area contributed by atoms with E-state index in [-0.39, 0.29) is 17.9 Å². The van der Waals surface area contributed by atoms with Crippen molar-refractivity contribution in [3.63, 3.8) is 0 Å². The molecule has 1 saturated carbocycles. The van der Waals surface area contributed by atoms with Gasteiger partial charge in [0, 0.05) is 49.0 Å². The molecule has 0 aromatic carbocycles. The predicted octanol–water partition coefficient (Wildman–Crippen LogP) is 2.25. The Balaban J connectivity index is 1.41. The lowest BCUT2D eigenvalue weighted by molar-refractivity contribution is -0.142. The molecule has 120 valence electrons. The SMILES string of the molecule is O=C(NC1CC1)[C@@H]1CCO[C@@H]2CCN(Cc3cccs3)C[C@H]21. The van der Waals surface area contributed by atoms with Gasteiger partial charge in [-0.05, 0) is 37.1 Å². The Bertz CT molecular complexity index is 515. The quantitative estimate of drug-likeness (QED) is 0.925. The Kier molecular flexibility index (Phi) is 4.20. The molecule has 3 atom stereocenters. The summed E-state index contributed by atoms with van der Waals surface area (Å²) in [6.07, 6.45) is 4.54. The molecule has 3 fully saturated rings. The van der Waals surface area contributed by atoms with Crippen molar-refractivity contribution in [1.82, 2.24) is 10.2 Å². The Morgan fingerprint density at radius 2 is 2.27 bits per heavy atom. The molecule has 1 N–H and O–H groups in total. The smallest absolute Gasteiger partial charge is 0.223 e. The van der Waals surface area contributed by atoms with Gasteiger partial charge in [-0.3, -0.25) is 9.69 Å². The van der Waals surface area contributed by atoms with Gasteiger partial charge in [0.1, 0.15) is 0 Å². The Morgan fingerprint density at radius 1 is 1.36 bits per heavy atom. The van der Waals surface area contributed by atoms with Crippen molar-refractivity contribution < 1.29 is 9.53 Å². The molecule has 1 amide bonds.